The first-order valence-corrected chi connectivity index (χ1v) is 8.13. The van der Waals surface area contributed by atoms with E-state index in [1.807, 2.05) is 13.0 Å². The van der Waals surface area contributed by atoms with Gasteiger partial charge in [0.2, 0.25) is 0 Å². The smallest absolute Gasteiger partial charge is 0.269 e. The Hall–Kier alpha value is -1.98. The van der Waals surface area contributed by atoms with Gasteiger partial charge in [-0.05, 0) is 18.6 Å². The first-order valence-electron chi connectivity index (χ1n) is 6.48. The number of non-ortho nitro benzene ring substituents is 1. The summed E-state index contributed by atoms with van der Waals surface area (Å²) in [4.78, 5) is 10.0. The number of benzene rings is 1. The maximum atomic E-state index is 12.1. The zero-order valence-electron chi connectivity index (χ0n) is 11.7. The van der Waals surface area contributed by atoms with Gasteiger partial charge in [0.15, 0.2) is 9.84 Å². The minimum absolute atomic E-state index is 0.0259. The van der Waals surface area contributed by atoms with Crippen LogP contribution in [0.2, 0.25) is 0 Å². The fourth-order valence-corrected chi connectivity index (χ4v) is 2.93. The zero-order valence-corrected chi connectivity index (χ0v) is 12.5. The van der Waals surface area contributed by atoms with E-state index in [1.165, 1.54) is 24.3 Å². The van der Waals surface area contributed by atoms with Crippen LogP contribution < -0.4 is 5.32 Å². The molecule has 0 saturated heterocycles. The van der Waals surface area contributed by atoms with Gasteiger partial charge in [-0.15, -0.1) is 0 Å². The molecule has 0 aliphatic heterocycles. The topological polar surface area (TPSA) is 113 Å². The first-order chi connectivity index (χ1) is 9.90. The lowest BCUT2D eigenvalue weighted by molar-refractivity contribution is -0.384. The quantitative estimate of drug-likeness (QED) is 0.577. The van der Waals surface area contributed by atoms with Crippen molar-refractivity contribution < 1.29 is 13.3 Å². The van der Waals surface area contributed by atoms with Crippen LogP contribution in [0.4, 0.5) is 5.69 Å². The van der Waals surface area contributed by atoms with Gasteiger partial charge in [0, 0.05) is 24.7 Å². The fraction of sp³-hybridized carbons (Fsp3) is 0.462. The van der Waals surface area contributed by atoms with Crippen molar-refractivity contribution >= 4 is 15.5 Å². The lowest BCUT2D eigenvalue weighted by atomic mass is 10.2. The van der Waals surface area contributed by atoms with Crippen LogP contribution in [0, 0.1) is 21.4 Å². The molecule has 0 bridgehead atoms. The molecule has 1 atom stereocenters. The van der Waals surface area contributed by atoms with E-state index in [0.717, 1.165) is 6.42 Å². The third-order valence-corrected chi connectivity index (χ3v) is 4.77. The fourth-order valence-electron chi connectivity index (χ4n) is 1.76. The lowest BCUT2D eigenvalue weighted by Crippen LogP contribution is -2.32. The number of nitro groups is 1. The highest BCUT2D eigenvalue weighted by molar-refractivity contribution is 7.91. The van der Waals surface area contributed by atoms with E-state index in [-0.39, 0.29) is 28.9 Å². The van der Waals surface area contributed by atoms with Gasteiger partial charge in [-0.3, -0.25) is 10.1 Å². The molecule has 1 rings (SSSR count). The molecule has 114 valence electrons. The summed E-state index contributed by atoms with van der Waals surface area (Å²) in [5.74, 6) is -0.118. The molecule has 0 amide bonds. The van der Waals surface area contributed by atoms with Gasteiger partial charge >= 0.3 is 0 Å². The molecular weight excluding hydrogens is 294 g/mol. The average molecular weight is 311 g/mol. The van der Waals surface area contributed by atoms with Crippen LogP contribution in [0.5, 0.6) is 0 Å². The molecule has 0 fully saturated rings. The van der Waals surface area contributed by atoms with Crippen LogP contribution in [-0.4, -0.2) is 31.7 Å². The van der Waals surface area contributed by atoms with Gasteiger partial charge in [0.1, 0.15) is 0 Å². The summed E-state index contributed by atoms with van der Waals surface area (Å²) in [7, 11) is -3.49. The van der Waals surface area contributed by atoms with Gasteiger partial charge in [-0.2, -0.15) is 5.26 Å². The van der Waals surface area contributed by atoms with E-state index in [1.54, 1.807) is 0 Å². The van der Waals surface area contributed by atoms with Gasteiger partial charge in [0.05, 0.1) is 28.1 Å². The highest BCUT2D eigenvalue weighted by Crippen LogP contribution is 2.16. The summed E-state index contributed by atoms with van der Waals surface area (Å²) in [6.07, 6.45) is 1.07. The maximum Gasteiger partial charge on any atom is 0.269 e. The first kappa shape index (κ1) is 17.1. The molecule has 1 aromatic rings. The molecule has 0 radical (unpaired) electrons. The Balaban J connectivity index is 2.65. The Morgan fingerprint density at radius 3 is 2.48 bits per heavy atom. The zero-order chi connectivity index (χ0) is 15.9. The normalized spacial score (nSPS) is 12.6. The van der Waals surface area contributed by atoms with E-state index in [9.17, 15) is 18.5 Å². The van der Waals surface area contributed by atoms with E-state index in [0.29, 0.717) is 6.42 Å². The molecular formula is C13H17N3O4S. The van der Waals surface area contributed by atoms with Crippen LogP contribution >= 0.6 is 0 Å². The third kappa shape index (κ3) is 5.13. The van der Waals surface area contributed by atoms with Gasteiger partial charge in [0.25, 0.3) is 5.69 Å². The lowest BCUT2D eigenvalue weighted by Gasteiger charge is -2.13. The van der Waals surface area contributed by atoms with Crippen LogP contribution in [0.1, 0.15) is 19.8 Å². The van der Waals surface area contributed by atoms with Crippen molar-refractivity contribution in [3.8, 4) is 6.07 Å². The summed E-state index contributed by atoms with van der Waals surface area (Å²) < 4.78 is 24.1. The van der Waals surface area contributed by atoms with Crippen molar-refractivity contribution in [3.63, 3.8) is 0 Å². The second-order valence-corrected chi connectivity index (χ2v) is 6.60. The van der Waals surface area contributed by atoms with Crippen LogP contribution in [0.15, 0.2) is 29.2 Å². The molecule has 0 aliphatic carbocycles. The number of nitriles is 1. The van der Waals surface area contributed by atoms with Crippen molar-refractivity contribution in [3.05, 3.63) is 34.4 Å². The number of sulfone groups is 1. The van der Waals surface area contributed by atoms with Crippen molar-refractivity contribution in [2.45, 2.75) is 30.7 Å². The second kappa shape index (κ2) is 7.71. The molecule has 0 spiro atoms. The molecule has 0 aromatic heterocycles. The van der Waals surface area contributed by atoms with Crippen LogP contribution in [0.25, 0.3) is 0 Å². The Morgan fingerprint density at radius 2 is 2.00 bits per heavy atom. The van der Waals surface area contributed by atoms with Crippen molar-refractivity contribution in [2.75, 3.05) is 12.3 Å². The maximum absolute atomic E-state index is 12.1. The van der Waals surface area contributed by atoms with Crippen molar-refractivity contribution in [1.82, 2.24) is 5.32 Å². The van der Waals surface area contributed by atoms with Crippen molar-refractivity contribution in [2.24, 2.45) is 0 Å². The summed E-state index contributed by atoms with van der Waals surface area (Å²) in [6, 6.07) is 6.83. The summed E-state index contributed by atoms with van der Waals surface area (Å²) in [5.41, 5.74) is -0.146. The molecule has 21 heavy (non-hydrogen) atoms. The molecule has 0 aliphatic rings. The number of nitrogens with zero attached hydrogens (tertiary/aromatic N) is 2. The summed E-state index contributed by atoms with van der Waals surface area (Å²) in [5, 5.41) is 22.2. The second-order valence-electron chi connectivity index (χ2n) is 4.49. The largest absolute Gasteiger partial charge is 0.312 e. The Morgan fingerprint density at radius 1 is 1.38 bits per heavy atom. The number of hydrogen-bond donors (Lipinski definition) is 1. The van der Waals surface area contributed by atoms with E-state index in [2.05, 4.69) is 5.32 Å². The molecule has 1 N–H and O–H groups in total. The molecule has 0 unspecified atom stereocenters. The number of nitrogens with one attached hydrogen (secondary N) is 1. The van der Waals surface area contributed by atoms with E-state index >= 15 is 0 Å². The van der Waals surface area contributed by atoms with Gasteiger partial charge in [-0.1, -0.05) is 6.92 Å². The van der Waals surface area contributed by atoms with Crippen LogP contribution in [0.3, 0.4) is 0 Å². The molecule has 1 aromatic carbocycles. The standard InChI is InChI=1S/C13H17N3O4S/c1-2-11(7-8-14)15-9-10-21(19,20)13-5-3-12(4-6-13)16(17)18/h3-6,11,15H,2,7,9-10H2,1H3/t11-/m1/s1. The Bertz CT molecular complexity index is 620. The minimum atomic E-state index is -3.49. The summed E-state index contributed by atoms with van der Waals surface area (Å²) in [6.45, 7) is 2.15. The highest BCUT2D eigenvalue weighted by atomic mass is 32.2. The molecule has 0 heterocycles. The monoisotopic (exact) mass is 311 g/mol. The SMILES string of the molecule is CC[C@H](CC#N)NCCS(=O)(=O)c1ccc([N+](=O)[O-])cc1. The highest BCUT2D eigenvalue weighted by Gasteiger charge is 2.16. The predicted molar refractivity (Wildman–Crippen MR) is 77.5 cm³/mol. The number of hydrogen-bond acceptors (Lipinski definition) is 6. The minimum Gasteiger partial charge on any atom is -0.312 e. The third-order valence-electron chi connectivity index (χ3n) is 3.04. The van der Waals surface area contributed by atoms with Crippen molar-refractivity contribution in [1.29, 1.82) is 5.26 Å². The number of rotatable bonds is 8. The van der Waals surface area contributed by atoms with E-state index in [4.69, 9.17) is 5.26 Å². The Labute approximate surface area is 123 Å². The van der Waals surface area contributed by atoms with Crippen LogP contribution in [-0.2, 0) is 9.84 Å². The Kier molecular flexibility index (Phi) is 6.27. The van der Waals surface area contributed by atoms with Gasteiger partial charge in [-0.25, -0.2) is 8.42 Å². The molecule has 8 heteroatoms. The van der Waals surface area contributed by atoms with Gasteiger partial charge < -0.3 is 5.32 Å². The molecule has 0 saturated carbocycles. The average Bonchev–Trinajstić information content (AvgIpc) is 2.46. The molecule has 7 nitrogen and oxygen atoms in total. The number of nitro benzene ring substituents is 1. The van der Waals surface area contributed by atoms with E-state index < -0.39 is 14.8 Å². The predicted octanol–water partition coefficient (Wildman–Crippen LogP) is 1.65. The summed E-state index contributed by atoms with van der Waals surface area (Å²) >= 11 is 0.